The maximum atomic E-state index is 11.8. The fraction of sp³-hybridized carbons (Fsp3) is 0.455. The van der Waals surface area contributed by atoms with Gasteiger partial charge in [-0.3, -0.25) is 4.79 Å². The molecule has 1 aromatic heterocycles. The first-order valence-corrected chi connectivity index (χ1v) is 5.51. The van der Waals surface area contributed by atoms with Crippen LogP contribution in [0.2, 0.25) is 0 Å². The molecule has 1 fully saturated rings. The van der Waals surface area contributed by atoms with E-state index in [2.05, 4.69) is 10.3 Å². The number of nitrogens with one attached hydrogen (secondary N) is 1. The van der Waals surface area contributed by atoms with E-state index < -0.39 is 6.10 Å². The Morgan fingerprint density at radius 2 is 2.47 bits per heavy atom. The Morgan fingerprint density at radius 3 is 3.12 bits per heavy atom. The Labute approximate surface area is 98.8 Å². The Kier molecular flexibility index (Phi) is 3.55. The number of carbonyl (C=O) groups excluding carboxylic acids is 1. The lowest BCUT2D eigenvalue weighted by atomic mass is 10.2. The summed E-state index contributed by atoms with van der Waals surface area (Å²) in [7, 11) is 0. The van der Waals surface area contributed by atoms with Crippen molar-refractivity contribution < 1.29 is 14.6 Å². The first-order valence-electron chi connectivity index (χ1n) is 5.51. The number of hydrogen-bond acceptors (Lipinski definition) is 5. The molecular weight excluding hydrogens is 222 g/mol. The second-order valence-electron chi connectivity index (χ2n) is 3.92. The molecule has 0 spiro atoms. The number of anilines is 1. The molecule has 6 nitrogen and oxygen atoms in total. The zero-order chi connectivity index (χ0) is 12.3. The number of pyridine rings is 1. The van der Waals surface area contributed by atoms with Crippen LogP contribution in [0.5, 0.6) is 5.75 Å². The number of ether oxygens (including phenoxy) is 1. The largest absolute Gasteiger partial charge is 0.504 e. The summed E-state index contributed by atoms with van der Waals surface area (Å²) in [6, 6.07) is 3.04. The fourth-order valence-corrected chi connectivity index (χ4v) is 1.76. The van der Waals surface area contributed by atoms with Gasteiger partial charge in [-0.25, -0.2) is 4.98 Å². The summed E-state index contributed by atoms with van der Waals surface area (Å²) < 4.78 is 5.44. The molecule has 2 heterocycles. The molecule has 2 rings (SSSR count). The SMILES string of the molecule is NCC1CCC(C(=O)Nc2ncccc2O)O1. The van der Waals surface area contributed by atoms with Gasteiger partial charge >= 0.3 is 0 Å². The highest BCUT2D eigenvalue weighted by atomic mass is 16.5. The molecule has 1 saturated heterocycles. The minimum absolute atomic E-state index is 0.0527. The van der Waals surface area contributed by atoms with E-state index in [0.29, 0.717) is 13.0 Å². The van der Waals surface area contributed by atoms with Crippen LogP contribution >= 0.6 is 0 Å². The van der Waals surface area contributed by atoms with Gasteiger partial charge in [0.2, 0.25) is 0 Å². The third-order valence-corrected chi connectivity index (χ3v) is 2.69. The monoisotopic (exact) mass is 237 g/mol. The fourth-order valence-electron chi connectivity index (χ4n) is 1.76. The topological polar surface area (TPSA) is 97.5 Å². The van der Waals surface area contributed by atoms with Gasteiger partial charge in [0.1, 0.15) is 6.10 Å². The van der Waals surface area contributed by atoms with E-state index in [1.165, 1.54) is 12.3 Å². The van der Waals surface area contributed by atoms with E-state index in [4.69, 9.17) is 10.5 Å². The number of rotatable bonds is 3. The molecule has 0 aliphatic carbocycles. The molecule has 1 aliphatic heterocycles. The second kappa shape index (κ2) is 5.11. The Balaban J connectivity index is 1.96. The summed E-state index contributed by atoms with van der Waals surface area (Å²) in [4.78, 5) is 15.7. The molecule has 6 heteroatoms. The number of aromatic hydroxyl groups is 1. The van der Waals surface area contributed by atoms with Crippen LogP contribution in [-0.4, -0.2) is 34.8 Å². The Bertz CT molecular complexity index is 411. The van der Waals surface area contributed by atoms with Gasteiger partial charge in [-0.2, -0.15) is 0 Å². The lowest BCUT2D eigenvalue weighted by molar-refractivity contribution is -0.126. The number of aromatic nitrogens is 1. The van der Waals surface area contributed by atoms with Gasteiger partial charge in [0.15, 0.2) is 11.6 Å². The molecule has 0 radical (unpaired) electrons. The minimum Gasteiger partial charge on any atom is -0.504 e. The van der Waals surface area contributed by atoms with Crippen molar-refractivity contribution in [1.29, 1.82) is 0 Å². The van der Waals surface area contributed by atoms with Crippen molar-refractivity contribution in [2.24, 2.45) is 5.73 Å². The predicted molar refractivity (Wildman–Crippen MR) is 61.5 cm³/mol. The average Bonchev–Trinajstić information content (AvgIpc) is 2.81. The lowest BCUT2D eigenvalue weighted by Crippen LogP contribution is -2.30. The molecular formula is C11H15N3O3. The Morgan fingerprint density at radius 1 is 1.65 bits per heavy atom. The highest BCUT2D eigenvalue weighted by Gasteiger charge is 2.30. The highest BCUT2D eigenvalue weighted by molar-refractivity contribution is 5.94. The van der Waals surface area contributed by atoms with Crippen LogP contribution in [0.3, 0.4) is 0 Å². The van der Waals surface area contributed by atoms with E-state index in [-0.39, 0.29) is 23.6 Å². The standard InChI is InChI=1S/C11H15N3O3/c12-6-7-3-4-9(17-7)11(16)14-10-8(15)2-1-5-13-10/h1-2,5,7,9,15H,3-4,6,12H2,(H,13,14,16). The van der Waals surface area contributed by atoms with E-state index in [1.807, 2.05) is 0 Å². The third-order valence-electron chi connectivity index (χ3n) is 2.69. The van der Waals surface area contributed by atoms with Gasteiger partial charge in [-0.15, -0.1) is 0 Å². The summed E-state index contributed by atoms with van der Waals surface area (Å²) >= 11 is 0. The van der Waals surface area contributed by atoms with Crippen LogP contribution in [-0.2, 0) is 9.53 Å². The summed E-state index contributed by atoms with van der Waals surface area (Å²) in [5.41, 5.74) is 5.46. The first kappa shape index (κ1) is 11.8. The average molecular weight is 237 g/mol. The molecule has 0 bridgehead atoms. The zero-order valence-electron chi connectivity index (χ0n) is 9.30. The number of amides is 1. The van der Waals surface area contributed by atoms with E-state index in [1.54, 1.807) is 6.07 Å². The van der Waals surface area contributed by atoms with Crippen LogP contribution in [0.4, 0.5) is 5.82 Å². The van der Waals surface area contributed by atoms with Gasteiger partial charge in [0, 0.05) is 12.7 Å². The predicted octanol–water partition coefficient (Wildman–Crippen LogP) is 0.232. The molecule has 17 heavy (non-hydrogen) atoms. The molecule has 1 aliphatic rings. The van der Waals surface area contributed by atoms with Crippen LogP contribution in [0, 0.1) is 0 Å². The number of nitrogens with zero attached hydrogens (tertiary/aromatic N) is 1. The minimum atomic E-state index is -0.509. The van der Waals surface area contributed by atoms with Crippen LogP contribution in [0.25, 0.3) is 0 Å². The van der Waals surface area contributed by atoms with Crippen molar-refractivity contribution in [3.8, 4) is 5.75 Å². The van der Waals surface area contributed by atoms with E-state index in [0.717, 1.165) is 6.42 Å². The molecule has 0 aromatic carbocycles. The number of hydrogen-bond donors (Lipinski definition) is 3. The molecule has 0 saturated carbocycles. The van der Waals surface area contributed by atoms with Gasteiger partial charge in [-0.1, -0.05) is 0 Å². The van der Waals surface area contributed by atoms with Crippen LogP contribution in [0.1, 0.15) is 12.8 Å². The molecule has 1 amide bonds. The zero-order valence-corrected chi connectivity index (χ0v) is 9.30. The molecule has 92 valence electrons. The maximum Gasteiger partial charge on any atom is 0.254 e. The number of carbonyl (C=O) groups is 1. The Hall–Kier alpha value is -1.66. The van der Waals surface area contributed by atoms with Crippen molar-refractivity contribution >= 4 is 11.7 Å². The van der Waals surface area contributed by atoms with Crippen molar-refractivity contribution in [3.05, 3.63) is 18.3 Å². The summed E-state index contributed by atoms with van der Waals surface area (Å²) in [6.45, 7) is 0.415. The second-order valence-corrected chi connectivity index (χ2v) is 3.92. The van der Waals surface area contributed by atoms with Gasteiger partial charge < -0.3 is 20.9 Å². The lowest BCUT2D eigenvalue weighted by Gasteiger charge is -2.12. The van der Waals surface area contributed by atoms with Gasteiger partial charge in [0.05, 0.1) is 6.10 Å². The molecule has 4 N–H and O–H groups in total. The third kappa shape index (κ3) is 2.72. The molecule has 2 unspecified atom stereocenters. The molecule has 1 aromatic rings. The van der Waals surface area contributed by atoms with Gasteiger partial charge in [0.25, 0.3) is 5.91 Å². The van der Waals surface area contributed by atoms with Crippen molar-refractivity contribution in [2.45, 2.75) is 25.0 Å². The summed E-state index contributed by atoms with van der Waals surface area (Å²) in [6.07, 6.45) is 2.35. The van der Waals surface area contributed by atoms with Crippen LogP contribution in [0.15, 0.2) is 18.3 Å². The normalized spacial score (nSPS) is 23.6. The number of nitrogens with two attached hydrogens (primary N) is 1. The highest BCUT2D eigenvalue weighted by Crippen LogP contribution is 2.22. The summed E-state index contributed by atoms with van der Waals surface area (Å²) in [5.74, 6) is -0.207. The summed E-state index contributed by atoms with van der Waals surface area (Å²) in [5, 5.41) is 12.0. The van der Waals surface area contributed by atoms with Crippen molar-refractivity contribution in [2.75, 3.05) is 11.9 Å². The van der Waals surface area contributed by atoms with Gasteiger partial charge in [-0.05, 0) is 25.0 Å². The molecule has 2 atom stereocenters. The quantitative estimate of drug-likeness (QED) is 0.699. The van der Waals surface area contributed by atoms with E-state index in [9.17, 15) is 9.90 Å². The van der Waals surface area contributed by atoms with Crippen molar-refractivity contribution in [1.82, 2.24) is 4.98 Å². The maximum absolute atomic E-state index is 11.8. The van der Waals surface area contributed by atoms with Crippen LogP contribution < -0.4 is 11.1 Å². The van der Waals surface area contributed by atoms with Crippen molar-refractivity contribution in [3.63, 3.8) is 0 Å². The smallest absolute Gasteiger partial charge is 0.254 e. The van der Waals surface area contributed by atoms with E-state index >= 15 is 0 Å². The first-order chi connectivity index (χ1) is 8.20.